The van der Waals surface area contributed by atoms with Gasteiger partial charge in [0.1, 0.15) is 0 Å². The van der Waals surface area contributed by atoms with Gasteiger partial charge in [-0.05, 0) is 99.2 Å². The quantitative estimate of drug-likeness (QED) is 0.267. The maximum atomic E-state index is 13.4. The van der Waals surface area contributed by atoms with E-state index in [4.69, 9.17) is 21.7 Å². The van der Waals surface area contributed by atoms with E-state index in [2.05, 4.69) is 5.43 Å². The van der Waals surface area contributed by atoms with Crippen LogP contribution in [-0.4, -0.2) is 33.7 Å². The van der Waals surface area contributed by atoms with Crippen molar-refractivity contribution in [3.05, 3.63) is 28.7 Å². The van der Waals surface area contributed by atoms with Crippen LogP contribution in [-0.2, 0) is 14.4 Å². The highest BCUT2D eigenvalue weighted by Crippen LogP contribution is 2.60. The average Bonchev–Trinajstić information content (AvgIpc) is 3.02. The normalized spacial score (nSPS) is 30.7. The minimum Gasteiger partial charge on any atom is -0.490 e. The van der Waals surface area contributed by atoms with Gasteiger partial charge in [0.25, 0.3) is 5.91 Å². The summed E-state index contributed by atoms with van der Waals surface area (Å²) < 4.78 is 11.1. The Balaban J connectivity index is 1.32. The van der Waals surface area contributed by atoms with Crippen molar-refractivity contribution < 1.29 is 23.9 Å². The Morgan fingerprint density at radius 3 is 2.41 bits per heavy atom. The van der Waals surface area contributed by atoms with Crippen molar-refractivity contribution in [3.8, 4) is 11.5 Å². The average molecular weight is 501 g/mol. The van der Waals surface area contributed by atoms with Gasteiger partial charge in [0.05, 0.1) is 16.9 Å². The topological polar surface area (TPSA) is 84.9 Å². The number of thioether (sulfide) groups is 1. The fraction of sp³-hybridized carbons (Fsp3) is 0.520. The minimum atomic E-state index is -0.440. The van der Waals surface area contributed by atoms with Crippen LogP contribution >= 0.6 is 24.0 Å². The van der Waals surface area contributed by atoms with E-state index in [0.29, 0.717) is 50.6 Å². The van der Waals surface area contributed by atoms with Gasteiger partial charge < -0.3 is 9.47 Å². The Hall–Kier alpha value is -2.39. The molecule has 5 aliphatic rings. The number of esters is 1. The van der Waals surface area contributed by atoms with Crippen LogP contribution in [0.1, 0.15) is 57.9 Å². The summed E-state index contributed by atoms with van der Waals surface area (Å²) in [5.41, 5.74) is 3.21. The SMILES string of the molecule is CCOc1cc(/C=C2/SC(=S)N(NC(=O)C34CC5CC(CC(C5)C3)C4)C2=O)ccc1OC(C)=O. The minimum absolute atomic E-state index is 0.0616. The monoisotopic (exact) mass is 500 g/mol. The molecule has 0 spiro atoms. The molecule has 2 amide bonds. The van der Waals surface area contributed by atoms with Crippen LogP contribution in [0.3, 0.4) is 0 Å². The van der Waals surface area contributed by atoms with Crippen molar-refractivity contribution >= 4 is 52.2 Å². The Morgan fingerprint density at radius 2 is 1.82 bits per heavy atom. The van der Waals surface area contributed by atoms with Crippen molar-refractivity contribution in [3.63, 3.8) is 0 Å². The van der Waals surface area contributed by atoms with Crippen molar-refractivity contribution in [1.29, 1.82) is 0 Å². The first-order valence-electron chi connectivity index (χ1n) is 11.8. The highest BCUT2D eigenvalue weighted by atomic mass is 32.2. The van der Waals surface area contributed by atoms with Crippen LogP contribution in [0, 0.1) is 23.2 Å². The Labute approximate surface area is 208 Å². The molecule has 6 rings (SSSR count). The summed E-state index contributed by atoms with van der Waals surface area (Å²) in [4.78, 5) is 38.3. The predicted octanol–water partition coefficient (Wildman–Crippen LogP) is 4.46. The molecule has 0 radical (unpaired) electrons. The van der Waals surface area contributed by atoms with E-state index in [1.54, 1.807) is 24.3 Å². The number of benzene rings is 1. The number of hydrazine groups is 1. The van der Waals surface area contributed by atoms with Crippen molar-refractivity contribution in [1.82, 2.24) is 10.4 Å². The Bertz CT molecular complexity index is 1060. The van der Waals surface area contributed by atoms with Gasteiger partial charge in [0.2, 0.25) is 5.91 Å². The number of rotatable bonds is 6. The Morgan fingerprint density at radius 1 is 1.18 bits per heavy atom. The summed E-state index contributed by atoms with van der Waals surface area (Å²) >= 11 is 6.60. The van der Waals surface area contributed by atoms with Gasteiger partial charge in [-0.1, -0.05) is 17.8 Å². The molecule has 180 valence electrons. The standard InChI is InChI=1S/C25H28N2O5S2/c1-3-31-20-9-15(4-5-19(20)32-14(2)28)10-21-22(29)27(24(33)34-21)26-23(30)25-11-16-6-17(12-25)8-18(7-16)13-25/h4-5,9-10,16-18H,3,6-8,11-13H2,1-2H3,(H,26,30)/b21-10+. The van der Waals surface area contributed by atoms with E-state index in [9.17, 15) is 14.4 Å². The summed E-state index contributed by atoms with van der Waals surface area (Å²) in [5, 5.41) is 1.23. The second-order valence-corrected chi connectivity index (χ2v) is 11.6. The second-order valence-electron chi connectivity index (χ2n) is 9.89. The van der Waals surface area contributed by atoms with Gasteiger partial charge in [-0.15, -0.1) is 0 Å². The third kappa shape index (κ3) is 4.35. The summed E-state index contributed by atoms with van der Waals surface area (Å²) in [6.45, 7) is 3.56. The van der Waals surface area contributed by atoms with Crippen LogP contribution in [0.25, 0.3) is 6.08 Å². The van der Waals surface area contributed by atoms with Crippen molar-refractivity contribution in [2.75, 3.05) is 6.61 Å². The molecule has 1 aromatic rings. The van der Waals surface area contributed by atoms with E-state index < -0.39 is 5.97 Å². The van der Waals surface area contributed by atoms with Gasteiger partial charge in [-0.25, -0.2) is 0 Å². The lowest BCUT2D eigenvalue weighted by molar-refractivity contribution is -0.152. The van der Waals surface area contributed by atoms with Crippen LogP contribution in [0.5, 0.6) is 11.5 Å². The first-order valence-corrected chi connectivity index (χ1v) is 13.0. The van der Waals surface area contributed by atoms with Gasteiger partial charge >= 0.3 is 5.97 Å². The zero-order valence-electron chi connectivity index (χ0n) is 19.3. The molecule has 5 fully saturated rings. The summed E-state index contributed by atoms with van der Waals surface area (Å²) in [6, 6.07) is 5.08. The zero-order chi connectivity index (χ0) is 24.0. The number of ether oxygens (including phenoxy) is 2. The summed E-state index contributed by atoms with van der Waals surface area (Å²) in [7, 11) is 0. The largest absolute Gasteiger partial charge is 0.490 e. The molecule has 4 aliphatic carbocycles. The molecule has 0 atom stereocenters. The number of hydrogen-bond acceptors (Lipinski definition) is 7. The highest BCUT2D eigenvalue weighted by Gasteiger charge is 2.55. The van der Waals surface area contributed by atoms with Gasteiger partial charge in [0, 0.05) is 6.92 Å². The second kappa shape index (κ2) is 9.00. The third-order valence-corrected chi connectivity index (χ3v) is 8.65. The molecule has 0 unspecified atom stereocenters. The molecule has 34 heavy (non-hydrogen) atoms. The fourth-order valence-corrected chi connectivity index (χ4v) is 7.63. The number of thiocarbonyl (C=S) groups is 1. The van der Waals surface area contributed by atoms with Gasteiger partial charge in [-0.3, -0.25) is 19.8 Å². The molecular weight excluding hydrogens is 472 g/mol. The highest BCUT2D eigenvalue weighted by molar-refractivity contribution is 8.26. The van der Waals surface area contributed by atoms with Gasteiger partial charge in [0.15, 0.2) is 15.8 Å². The van der Waals surface area contributed by atoms with Crippen LogP contribution in [0.15, 0.2) is 23.1 Å². The maximum Gasteiger partial charge on any atom is 0.308 e. The summed E-state index contributed by atoms with van der Waals surface area (Å²) in [5.74, 6) is 1.81. The first kappa shape index (κ1) is 23.4. The number of amides is 2. The Kier molecular flexibility index (Phi) is 6.18. The van der Waals surface area contributed by atoms with Gasteiger partial charge in [-0.2, -0.15) is 5.01 Å². The number of nitrogens with one attached hydrogen (secondary N) is 1. The lowest BCUT2D eigenvalue weighted by Crippen LogP contribution is -2.57. The molecule has 1 aromatic carbocycles. The fourth-order valence-electron chi connectivity index (χ4n) is 6.45. The van der Waals surface area contributed by atoms with Crippen LogP contribution in [0.2, 0.25) is 0 Å². The first-order chi connectivity index (χ1) is 16.3. The molecule has 7 nitrogen and oxygen atoms in total. The number of hydrogen-bond donors (Lipinski definition) is 1. The maximum absolute atomic E-state index is 13.4. The van der Waals surface area contributed by atoms with E-state index in [1.165, 1.54) is 31.2 Å². The lowest BCUT2D eigenvalue weighted by atomic mass is 9.49. The number of carbonyl (C=O) groups excluding carboxylic acids is 3. The van der Waals surface area contributed by atoms with Crippen LogP contribution in [0.4, 0.5) is 0 Å². The predicted molar refractivity (Wildman–Crippen MR) is 133 cm³/mol. The van der Waals surface area contributed by atoms with E-state index >= 15 is 0 Å². The molecule has 4 bridgehead atoms. The summed E-state index contributed by atoms with van der Waals surface area (Å²) in [6.07, 6.45) is 8.21. The third-order valence-electron chi connectivity index (χ3n) is 7.35. The van der Waals surface area contributed by atoms with E-state index in [1.807, 2.05) is 6.92 Å². The van der Waals surface area contributed by atoms with E-state index in [-0.39, 0.29) is 17.2 Å². The van der Waals surface area contributed by atoms with Crippen molar-refractivity contribution in [2.45, 2.75) is 52.4 Å². The molecule has 0 aromatic heterocycles. The molecular formula is C25H28N2O5S2. The number of nitrogens with zero attached hydrogens (tertiary/aromatic N) is 1. The lowest BCUT2D eigenvalue weighted by Gasteiger charge is -2.55. The molecule has 4 saturated carbocycles. The van der Waals surface area contributed by atoms with Crippen molar-refractivity contribution in [2.24, 2.45) is 23.2 Å². The molecule has 1 saturated heterocycles. The molecule has 1 N–H and O–H groups in total. The number of carbonyl (C=O) groups is 3. The smallest absolute Gasteiger partial charge is 0.308 e. The zero-order valence-corrected chi connectivity index (χ0v) is 20.9. The molecule has 1 aliphatic heterocycles. The van der Waals surface area contributed by atoms with Crippen LogP contribution < -0.4 is 14.9 Å². The molecule has 9 heteroatoms. The molecule has 1 heterocycles. The van der Waals surface area contributed by atoms with E-state index in [0.717, 1.165) is 31.0 Å².